The molecule has 5 rings (SSSR count). The first-order valence-corrected chi connectivity index (χ1v) is 9.19. The summed E-state index contributed by atoms with van der Waals surface area (Å²) >= 11 is 1.70. The summed E-state index contributed by atoms with van der Waals surface area (Å²) in [6, 6.07) is 14.3. The first-order chi connectivity index (χ1) is 12.6. The third kappa shape index (κ3) is 2.13. The number of amides is 2. The minimum absolute atomic E-state index is 0.293. The summed E-state index contributed by atoms with van der Waals surface area (Å²) in [5, 5.41) is 9.89. The zero-order valence-corrected chi connectivity index (χ0v) is 14.7. The number of nitrogens with zero attached hydrogens (tertiary/aromatic N) is 4. The van der Waals surface area contributed by atoms with E-state index in [2.05, 4.69) is 21.7 Å². The highest BCUT2D eigenvalue weighted by Gasteiger charge is 2.36. The van der Waals surface area contributed by atoms with Gasteiger partial charge in [-0.2, -0.15) is 0 Å². The lowest BCUT2D eigenvalue weighted by molar-refractivity contribution is 0.0926. The molecule has 128 valence electrons. The maximum atomic E-state index is 12.7. The molecule has 2 aliphatic heterocycles. The molecule has 0 saturated heterocycles. The summed E-state index contributed by atoms with van der Waals surface area (Å²) in [5.74, 6) is 0.173. The number of hydrogen-bond donors (Lipinski definition) is 0. The Morgan fingerprint density at radius 1 is 1.00 bits per heavy atom. The molecule has 0 saturated carbocycles. The highest BCUT2D eigenvalue weighted by Crippen LogP contribution is 2.35. The molecular weight excluding hydrogens is 348 g/mol. The molecule has 6 nitrogen and oxygen atoms in total. The summed E-state index contributed by atoms with van der Waals surface area (Å²) in [6.45, 7) is 3.00. The summed E-state index contributed by atoms with van der Waals surface area (Å²) in [5.41, 5.74) is 2.27. The second-order valence-corrected chi connectivity index (χ2v) is 7.79. The highest BCUT2D eigenvalue weighted by molar-refractivity contribution is 7.99. The molecule has 2 aromatic carbocycles. The van der Waals surface area contributed by atoms with E-state index >= 15 is 0 Å². The molecule has 1 atom stereocenters. The number of aromatic nitrogens is 3. The number of fused-ring (bicyclic) bond motifs is 2. The van der Waals surface area contributed by atoms with Gasteiger partial charge in [0.25, 0.3) is 11.8 Å². The van der Waals surface area contributed by atoms with Crippen molar-refractivity contribution in [3.63, 3.8) is 0 Å². The summed E-state index contributed by atoms with van der Waals surface area (Å²) in [6.07, 6.45) is 0. The Hall–Kier alpha value is -2.93. The van der Waals surface area contributed by atoms with Crippen molar-refractivity contribution in [2.75, 3.05) is 4.90 Å². The average Bonchev–Trinajstić information content (AvgIpc) is 3.27. The number of thioether (sulfide) groups is 1. The molecule has 2 aliphatic rings. The van der Waals surface area contributed by atoms with Crippen molar-refractivity contribution in [2.45, 2.75) is 23.9 Å². The Labute approximate surface area is 153 Å². The quantitative estimate of drug-likeness (QED) is 0.655. The summed E-state index contributed by atoms with van der Waals surface area (Å²) in [7, 11) is 0. The summed E-state index contributed by atoms with van der Waals surface area (Å²) < 4.78 is 2.08. The minimum atomic E-state index is -0.293. The molecule has 0 radical (unpaired) electrons. The van der Waals surface area contributed by atoms with Crippen molar-refractivity contribution in [1.29, 1.82) is 0 Å². The molecule has 0 aliphatic carbocycles. The molecule has 1 aromatic heterocycles. The Kier molecular flexibility index (Phi) is 3.27. The van der Waals surface area contributed by atoms with Gasteiger partial charge in [0.05, 0.1) is 16.8 Å². The lowest BCUT2D eigenvalue weighted by Gasteiger charge is -2.15. The molecule has 26 heavy (non-hydrogen) atoms. The van der Waals surface area contributed by atoms with Crippen LogP contribution in [0.5, 0.6) is 0 Å². The van der Waals surface area contributed by atoms with Crippen LogP contribution in [-0.2, 0) is 6.54 Å². The fraction of sp³-hybridized carbons (Fsp3) is 0.158. The molecular formula is C19H14N4O2S. The van der Waals surface area contributed by atoms with Crippen LogP contribution in [-0.4, -0.2) is 31.8 Å². The molecule has 0 N–H and O–H groups in total. The first kappa shape index (κ1) is 15.3. The van der Waals surface area contributed by atoms with Crippen LogP contribution in [0.2, 0.25) is 0 Å². The predicted molar refractivity (Wildman–Crippen MR) is 98.4 cm³/mol. The molecule has 2 amide bonds. The smallest absolute Gasteiger partial charge is 0.266 e. The Morgan fingerprint density at radius 3 is 2.46 bits per heavy atom. The number of anilines is 1. The van der Waals surface area contributed by atoms with Crippen LogP contribution in [0.1, 0.15) is 27.6 Å². The summed E-state index contributed by atoms with van der Waals surface area (Å²) in [4.78, 5) is 26.6. The second-order valence-electron chi connectivity index (χ2n) is 6.39. The molecule has 3 heterocycles. The average molecular weight is 362 g/mol. The van der Waals surface area contributed by atoms with Crippen LogP contribution in [0.25, 0.3) is 11.4 Å². The van der Waals surface area contributed by atoms with Crippen LogP contribution in [0.4, 0.5) is 5.69 Å². The van der Waals surface area contributed by atoms with Crippen molar-refractivity contribution in [3.05, 3.63) is 59.7 Å². The lowest BCUT2D eigenvalue weighted by atomic mass is 10.1. The monoisotopic (exact) mass is 362 g/mol. The van der Waals surface area contributed by atoms with Gasteiger partial charge < -0.3 is 4.57 Å². The van der Waals surface area contributed by atoms with Crippen LogP contribution in [0.15, 0.2) is 53.7 Å². The standard InChI is InChI=1S/C19H14N4O2S/c1-11-10-22-16(20-21-19(22)26-11)12-5-4-6-13(9-12)23-17(24)14-7-2-3-8-15(14)18(23)25/h2-9,11H,10H2,1H3. The normalized spacial score (nSPS) is 18.3. The van der Waals surface area contributed by atoms with E-state index in [9.17, 15) is 9.59 Å². The van der Waals surface area contributed by atoms with E-state index in [4.69, 9.17) is 0 Å². The number of carbonyl (C=O) groups is 2. The maximum absolute atomic E-state index is 12.7. The Balaban J connectivity index is 1.56. The molecule has 0 fully saturated rings. The molecule has 3 aromatic rings. The molecule has 0 bridgehead atoms. The van der Waals surface area contributed by atoms with E-state index in [1.54, 1.807) is 42.1 Å². The Bertz CT molecular complexity index is 1040. The zero-order chi connectivity index (χ0) is 17.8. The van der Waals surface area contributed by atoms with Crippen molar-refractivity contribution < 1.29 is 9.59 Å². The predicted octanol–water partition coefficient (Wildman–Crippen LogP) is 3.24. The van der Waals surface area contributed by atoms with Gasteiger partial charge in [-0.1, -0.05) is 43.0 Å². The third-order valence-corrected chi connectivity index (χ3v) is 5.68. The third-order valence-electron chi connectivity index (χ3n) is 4.62. The minimum Gasteiger partial charge on any atom is -0.301 e. The lowest BCUT2D eigenvalue weighted by Crippen LogP contribution is -2.29. The van der Waals surface area contributed by atoms with E-state index in [1.165, 1.54) is 4.90 Å². The molecule has 7 heteroatoms. The number of benzene rings is 2. The highest BCUT2D eigenvalue weighted by atomic mass is 32.2. The van der Waals surface area contributed by atoms with Gasteiger partial charge in [0, 0.05) is 17.4 Å². The van der Waals surface area contributed by atoms with Gasteiger partial charge in [-0.3, -0.25) is 9.59 Å². The molecule has 1 unspecified atom stereocenters. The SMILES string of the molecule is CC1Cn2c(nnc2-c2cccc(N3C(=O)c4ccccc4C3=O)c2)S1. The van der Waals surface area contributed by atoms with E-state index < -0.39 is 0 Å². The van der Waals surface area contributed by atoms with E-state index in [1.807, 2.05) is 18.2 Å². The van der Waals surface area contributed by atoms with Gasteiger partial charge in [-0.25, -0.2) is 4.90 Å². The van der Waals surface area contributed by atoms with E-state index in [0.717, 1.165) is 23.1 Å². The van der Waals surface area contributed by atoms with Crippen LogP contribution >= 0.6 is 11.8 Å². The van der Waals surface area contributed by atoms with Crippen molar-refractivity contribution >= 4 is 29.3 Å². The number of carbonyl (C=O) groups excluding carboxylic acids is 2. The second kappa shape index (κ2) is 5.54. The fourth-order valence-electron chi connectivity index (χ4n) is 3.44. The number of rotatable bonds is 2. The van der Waals surface area contributed by atoms with Gasteiger partial charge in [-0.15, -0.1) is 10.2 Å². The number of imide groups is 1. The van der Waals surface area contributed by atoms with Crippen molar-refractivity contribution in [1.82, 2.24) is 14.8 Å². The van der Waals surface area contributed by atoms with Crippen LogP contribution in [0.3, 0.4) is 0 Å². The van der Waals surface area contributed by atoms with Gasteiger partial charge in [0.2, 0.25) is 0 Å². The first-order valence-electron chi connectivity index (χ1n) is 8.31. The number of hydrogen-bond acceptors (Lipinski definition) is 5. The van der Waals surface area contributed by atoms with E-state index in [0.29, 0.717) is 22.1 Å². The van der Waals surface area contributed by atoms with Gasteiger partial charge in [-0.05, 0) is 24.3 Å². The van der Waals surface area contributed by atoms with Gasteiger partial charge >= 0.3 is 0 Å². The molecule has 0 spiro atoms. The fourth-order valence-corrected chi connectivity index (χ4v) is 4.40. The van der Waals surface area contributed by atoms with Crippen molar-refractivity contribution in [3.8, 4) is 11.4 Å². The topological polar surface area (TPSA) is 68.1 Å². The van der Waals surface area contributed by atoms with Gasteiger partial charge in [0.15, 0.2) is 11.0 Å². The largest absolute Gasteiger partial charge is 0.301 e. The van der Waals surface area contributed by atoms with Gasteiger partial charge in [0.1, 0.15) is 0 Å². The van der Waals surface area contributed by atoms with E-state index in [-0.39, 0.29) is 11.8 Å². The zero-order valence-electron chi connectivity index (χ0n) is 13.9. The maximum Gasteiger partial charge on any atom is 0.266 e. The van der Waals surface area contributed by atoms with Crippen LogP contribution in [0, 0.1) is 0 Å². The van der Waals surface area contributed by atoms with Crippen LogP contribution < -0.4 is 4.90 Å². The van der Waals surface area contributed by atoms with Crippen molar-refractivity contribution in [2.24, 2.45) is 0 Å². The Morgan fingerprint density at radius 2 is 1.73 bits per heavy atom.